The van der Waals surface area contributed by atoms with Gasteiger partial charge in [-0.3, -0.25) is 4.79 Å². The van der Waals surface area contributed by atoms with Crippen LogP contribution in [0, 0.1) is 17.6 Å². The van der Waals surface area contributed by atoms with Gasteiger partial charge in [0.25, 0.3) is 5.56 Å². The number of anilines is 1. The van der Waals surface area contributed by atoms with Crippen LogP contribution in [0.1, 0.15) is 51.3 Å². The topological polar surface area (TPSA) is 67.0 Å². The summed E-state index contributed by atoms with van der Waals surface area (Å²) in [5.41, 5.74) is -0.396. The van der Waals surface area contributed by atoms with E-state index in [4.69, 9.17) is 4.74 Å². The zero-order chi connectivity index (χ0) is 20.5. The van der Waals surface area contributed by atoms with Gasteiger partial charge in [-0.05, 0) is 50.5 Å². The molecule has 2 saturated carbocycles. The van der Waals surface area contributed by atoms with Gasteiger partial charge in [0, 0.05) is 18.4 Å². The van der Waals surface area contributed by atoms with E-state index >= 15 is 0 Å². The van der Waals surface area contributed by atoms with Crippen molar-refractivity contribution >= 4 is 28.4 Å². The number of H-pyrrole nitrogens is 1. The predicted molar refractivity (Wildman–Crippen MR) is 112 cm³/mol. The maximum atomic E-state index is 14.6. The zero-order valence-electron chi connectivity index (χ0n) is 16.8. The number of hydrogen-bond donors (Lipinski definition) is 2. The molecule has 0 saturated heterocycles. The summed E-state index contributed by atoms with van der Waals surface area (Å²) in [6.45, 7) is 2.28. The van der Waals surface area contributed by atoms with Crippen LogP contribution >= 0.6 is 11.8 Å². The van der Waals surface area contributed by atoms with Crippen LogP contribution in [0.4, 0.5) is 14.5 Å². The van der Waals surface area contributed by atoms with Gasteiger partial charge in [0.1, 0.15) is 11.2 Å². The first kappa shape index (κ1) is 20.6. The lowest BCUT2D eigenvalue weighted by atomic mass is 9.89. The van der Waals surface area contributed by atoms with E-state index in [-0.39, 0.29) is 28.7 Å². The van der Waals surface area contributed by atoms with Crippen molar-refractivity contribution in [2.24, 2.45) is 5.92 Å². The fourth-order valence-corrected chi connectivity index (χ4v) is 5.28. The molecule has 2 aliphatic rings. The minimum atomic E-state index is -1.15. The van der Waals surface area contributed by atoms with Crippen LogP contribution in [0.3, 0.4) is 0 Å². The van der Waals surface area contributed by atoms with Crippen molar-refractivity contribution in [3.8, 4) is 0 Å². The molecule has 1 aromatic heterocycles. The van der Waals surface area contributed by atoms with Crippen LogP contribution in [0.25, 0.3) is 10.9 Å². The van der Waals surface area contributed by atoms with Crippen molar-refractivity contribution in [3.63, 3.8) is 0 Å². The van der Waals surface area contributed by atoms with E-state index in [0.717, 1.165) is 18.8 Å². The maximum Gasteiger partial charge on any atom is 0.261 e. The van der Waals surface area contributed by atoms with Crippen LogP contribution in [0.5, 0.6) is 0 Å². The summed E-state index contributed by atoms with van der Waals surface area (Å²) < 4.78 is 34.3. The molecule has 4 rings (SSSR count). The van der Waals surface area contributed by atoms with Crippen LogP contribution < -0.4 is 10.9 Å². The molecule has 0 radical (unpaired) electrons. The number of nitrogens with zero attached hydrogens (tertiary/aromatic N) is 1. The fourth-order valence-electron chi connectivity index (χ4n) is 4.15. The van der Waals surface area contributed by atoms with E-state index in [2.05, 4.69) is 22.2 Å². The SMILES string of the molecule is COC1CC(Nc2cc3nc(CSC4CCC(C)CC4)[nH]c(=O)c3c(F)c2F)C1. The first-order chi connectivity index (χ1) is 13.9. The molecule has 0 amide bonds. The van der Waals surface area contributed by atoms with Gasteiger partial charge in [-0.15, -0.1) is 0 Å². The van der Waals surface area contributed by atoms with Crippen LogP contribution in [0.2, 0.25) is 0 Å². The predicted octanol–water partition coefficient (Wildman–Crippen LogP) is 4.60. The highest BCUT2D eigenvalue weighted by Crippen LogP contribution is 2.33. The van der Waals surface area contributed by atoms with Crippen molar-refractivity contribution in [2.75, 3.05) is 12.4 Å². The Morgan fingerprint density at radius 2 is 1.97 bits per heavy atom. The van der Waals surface area contributed by atoms with E-state index in [0.29, 0.717) is 16.8 Å². The summed E-state index contributed by atoms with van der Waals surface area (Å²) >= 11 is 1.78. The average Bonchev–Trinajstić information content (AvgIpc) is 2.67. The second-order valence-electron chi connectivity index (χ2n) is 8.32. The van der Waals surface area contributed by atoms with Gasteiger partial charge in [-0.25, -0.2) is 13.8 Å². The summed E-state index contributed by atoms with van der Waals surface area (Å²) in [5, 5.41) is 3.25. The molecule has 2 aliphatic carbocycles. The van der Waals surface area contributed by atoms with Gasteiger partial charge < -0.3 is 15.0 Å². The van der Waals surface area contributed by atoms with E-state index in [9.17, 15) is 13.6 Å². The Bertz CT molecular complexity index is 938. The lowest BCUT2D eigenvalue weighted by Crippen LogP contribution is -2.40. The number of thioether (sulfide) groups is 1. The number of hydrogen-bond acceptors (Lipinski definition) is 5. The molecule has 2 aromatic rings. The van der Waals surface area contributed by atoms with Gasteiger partial charge in [0.2, 0.25) is 0 Å². The standard InChI is InChI=1S/C21H27F2N3O2S/c1-11-3-5-14(6-4-11)29-10-17-25-15-9-16(24-12-7-13(8-12)28-2)19(22)20(23)18(15)21(27)26-17/h9,11-14,24H,3-8,10H2,1-2H3,(H,25,26,27). The Hall–Kier alpha value is -1.67. The second kappa shape index (κ2) is 8.60. The van der Waals surface area contributed by atoms with Crippen molar-refractivity contribution < 1.29 is 13.5 Å². The third-order valence-corrected chi connectivity index (χ3v) is 7.52. The Morgan fingerprint density at radius 1 is 1.24 bits per heavy atom. The fraction of sp³-hybridized carbons (Fsp3) is 0.619. The van der Waals surface area contributed by atoms with Crippen LogP contribution in [-0.4, -0.2) is 34.5 Å². The monoisotopic (exact) mass is 423 g/mol. The number of halogens is 2. The molecule has 2 fully saturated rings. The number of aromatic amines is 1. The molecule has 158 valence electrons. The number of rotatable bonds is 6. The summed E-state index contributed by atoms with van der Waals surface area (Å²) in [6.07, 6.45) is 6.41. The molecule has 8 heteroatoms. The first-order valence-corrected chi connectivity index (χ1v) is 11.3. The Kier molecular flexibility index (Phi) is 6.11. The number of ether oxygens (including phenoxy) is 1. The normalized spacial score (nSPS) is 27.0. The molecule has 0 spiro atoms. The molecular weight excluding hydrogens is 396 g/mol. The lowest BCUT2D eigenvalue weighted by Gasteiger charge is -2.35. The third kappa shape index (κ3) is 4.43. The van der Waals surface area contributed by atoms with Crippen LogP contribution in [0.15, 0.2) is 10.9 Å². The molecule has 0 unspecified atom stereocenters. The van der Waals surface area contributed by atoms with Gasteiger partial charge in [0.15, 0.2) is 11.6 Å². The first-order valence-electron chi connectivity index (χ1n) is 10.3. The highest BCUT2D eigenvalue weighted by atomic mass is 32.2. The number of fused-ring (bicyclic) bond motifs is 1. The van der Waals surface area contributed by atoms with E-state index in [1.807, 2.05) is 0 Å². The van der Waals surface area contributed by atoms with Crippen molar-refractivity contribution in [3.05, 3.63) is 33.9 Å². The average molecular weight is 424 g/mol. The minimum Gasteiger partial charge on any atom is -0.381 e. The zero-order valence-corrected chi connectivity index (χ0v) is 17.6. The summed E-state index contributed by atoms with van der Waals surface area (Å²) in [5.74, 6) is -0.342. The molecular formula is C21H27F2N3O2S. The van der Waals surface area contributed by atoms with E-state index < -0.39 is 17.2 Å². The van der Waals surface area contributed by atoms with Crippen LogP contribution in [-0.2, 0) is 10.5 Å². The van der Waals surface area contributed by atoms with E-state index in [1.54, 1.807) is 18.9 Å². The molecule has 0 aliphatic heterocycles. The lowest BCUT2D eigenvalue weighted by molar-refractivity contribution is 0.0328. The van der Waals surface area contributed by atoms with E-state index in [1.165, 1.54) is 31.7 Å². The molecule has 5 nitrogen and oxygen atoms in total. The quantitative estimate of drug-likeness (QED) is 0.711. The van der Waals surface area contributed by atoms with Crippen molar-refractivity contribution in [1.82, 2.24) is 9.97 Å². The molecule has 1 aromatic carbocycles. The molecule has 0 bridgehead atoms. The van der Waals surface area contributed by atoms with Gasteiger partial charge in [-0.1, -0.05) is 6.92 Å². The van der Waals surface area contributed by atoms with Crippen molar-refractivity contribution in [2.45, 2.75) is 68.6 Å². The third-order valence-electron chi connectivity index (χ3n) is 6.13. The Labute approximate surface area is 173 Å². The largest absolute Gasteiger partial charge is 0.381 e. The smallest absolute Gasteiger partial charge is 0.261 e. The number of benzene rings is 1. The summed E-state index contributed by atoms with van der Waals surface area (Å²) in [7, 11) is 1.64. The number of aromatic nitrogens is 2. The number of nitrogens with one attached hydrogen (secondary N) is 2. The van der Waals surface area contributed by atoms with Gasteiger partial charge in [-0.2, -0.15) is 11.8 Å². The summed E-state index contributed by atoms with van der Waals surface area (Å²) in [4.78, 5) is 19.5. The molecule has 0 atom stereocenters. The maximum absolute atomic E-state index is 14.6. The highest BCUT2D eigenvalue weighted by molar-refractivity contribution is 7.99. The molecule has 29 heavy (non-hydrogen) atoms. The number of methoxy groups -OCH3 is 1. The summed E-state index contributed by atoms with van der Waals surface area (Å²) in [6, 6.07) is 1.47. The Balaban J connectivity index is 1.53. The van der Waals surface area contributed by atoms with Gasteiger partial charge in [0.05, 0.1) is 23.1 Å². The highest BCUT2D eigenvalue weighted by Gasteiger charge is 2.30. The molecule has 1 heterocycles. The molecule has 2 N–H and O–H groups in total. The van der Waals surface area contributed by atoms with Gasteiger partial charge >= 0.3 is 0 Å². The second-order valence-corrected chi connectivity index (χ2v) is 9.61. The van der Waals surface area contributed by atoms with Crippen molar-refractivity contribution in [1.29, 1.82) is 0 Å². The minimum absolute atomic E-state index is 0.0250. The Morgan fingerprint density at radius 3 is 2.66 bits per heavy atom.